The first-order chi connectivity index (χ1) is 14.2. The van der Waals surface area contributed by atoms with Crippen LogP contribution < -0.4 is 0 Å². The number of fused-ring (bicyclic) bond motifs is 1. The van der Waals surface area contributed by atoms with Crippen molar-refractivity contribution in [1.29, 1.82) is 0 Å². The molecule has 0 fully saturated rings. The Morgan fingerprint density at radius 1 is 0.759 bits per heavy atom. The summed E-state index contributed by atoms with van der Waals surface area (Å²) in [7, 11) is 0. The van der Waals surface area contributed by atoms with Crippen LogP contribution in [-0.4, -0.2) is 0 Å². The molecule has 0 atom stereocenters. The molecular formula is C27H26S2. The summed E-state index contributed by atoms with van der Waals surface area (Å²) in [6.45, 7) is 6.65. The topological polar surface area (TPSA) is 0 Å². The fourth-order valence-electron chi connectivity index (χ4n) is 3.56. The lowest BCUT2D eigenvalue weighted by Gasteiger charge is -2.01. The predicted octanol–water partition coefficient (Wildman–Crippen LogP) is 8.24. The van der Waals surface area contributed by atoms with Crippen LogP contribution in [0.1, 0.15) is 53.8 Å². The molecule has 2 aromatic heterocycles. The molecule has 0 aliphatic carbocycles. The number of aryl methyl sites for hydroxylation is 3. The molecule has 0 aliphatic heterocycles. The first kappa shape index (κ1) is 20.0. The van der Waals surface area contributed by atoms with Gasteiger partial charge in [0.05, 0.1) is 4.88 Å². The SMILES string of the molecule is CCCc1ccc(C#Cc2sc3cc(-c4ccc(CCC)cc4)sc3c2C)cc1. The number of hydrogen-bond donors (Lipinski definition) is 0. The van der Waals surface area contributed by atoms with E-state index in [4.69, 9.17) is 0 Å². The predicted molar refractivity (Wildman–Crippen MR) is 130 cm³/mol. The molecule has 29 heavy (non-hydrogen) atoms. The van der Waals surface area contributed by atoms with Crippen molar-refractivity contribution in [2.75, 3.05) is 0 Å². The standard InChI is InChI=1S/C27H26S2/c1-4-6-20-8-10-22(11-9-20)14-17-24-19(3)27-26(28-24)18-25(29-27)23-15-12-21(7-5-2)13-16-23/h8-13,15-16,18H,4-7H2,1-3H3. The molecule has 0 saturated heterocycles. The smallest absolute Gasteiger partial charge is 0.0822 e. The van der Waals surface area contributed by atoms with Crippen LogP contribution in [0.4, 0.5) is 0 Å². The second-order valence-electron chi connectivity index (χ2n) is 7.50. The van der Waals surface area contributed by atoms with Crippen LogP contribution >= 0.6 is 22.7 Å². The zero-order chi connectivity index (χ0) is 20.2. The Kier molecular flexibility index (Phi) is 6.19. The van der Waals surface area contributed by atoms with Gasteiger partial charge in [0, 0.05) is 19.8 Å². The van der Waals surface area contributed by atoms with E-state index >= 15 is 0 Å². The molecule has 146 valence electrons. The third kappa shape index (κ3) is 4.47. The summed E-state index contributed by atoms with van der Waals surface area (Å²) < 4.78 is 2.73. The maximum atomic E-state index is 3.41. The molecule has 0 amide bonds. The van der Waals surface area contributed by atoms with Gasteiger partial charge in [-0.25, -0.2) is 0 Å². The molecule has 2 heterocycles. The maximum absolute atomic E-state index is 3.41. The minimum Gasteiger partial charge on any atom is -0.134 e. The van der Waals surface area contributed by atoms with Gasteiger partial charge in [0.1, 0.15) is 0 Å². The maximum Gasteiger partial charge on any atom is 0.0822 e. The van der Waals surface area contributed by atoms with E-state index in [1.54, 1.807) is 0 Å². The van der Waals surface area contributed by atoms with Crippen molar-refractivity contribution < 1.29 is 0 Å². The molecule has 4 rings (SSSR count). The van der Waals surface area contributed by atoms with E-state index in [0.29, 0.717) is 0 Å². The van der Waals surface area contributed by atoms with Crippen LogP contribution in [0.15, 0.2) is 54.6 Å². The Labute approximate surface area is 182 Å². The highest BCUT2D eigenvalue weighted by atomic mass is 32.1. The van der Waals surface area contributed by atoms with Gasteiger partial charge in [-0.15, -0.1) is 22.7 Å². The number of hydrogen-bond acceptors (Lipinski definition) is 2. The second-order valence-corrected chi connectivity index (χ2v) is 9.61. The first-order valence-corrected chi connectivity index (χ1v) is 12.0. The summed E-state index contributed by atoms with van der Waals surface area (Å²) in [6, 6.07) is 20.1. The highest BCUT2D eigenvalue weighted by molar-refractivity contribution is 7.30. The second kappa shape index (κ2) is 8.99. The Balaban J connectivity index is 1.57. The molecule has 4 aromatic rings. The van der Waals surface area contributed by atoms with Crippen molar-refractivity contribution in [2.24, 2.45) is 0 Å². The van der Waals surface area contributed by atoms with E-state index in [2.05, 4.69) is 87.2 Å². The van der Waals surface area contributed by atoms with Gasteiger partial charge < -0.3 is 0 Å². The number of thiophene rings is 2. The highest BCUT2D eigenvalue weighted by Crippen LogP contribution is 2.41. The lowest BCUT2D eigenvalue weighted by atomic mass is 10.1. The molecule has 2 aromatic carbocycles. The summed E-state index contributed by atoms with van der Waals surface area (Å²) in [5, 5.41) is 0. The van der Waals surface area contributed by atoms with E-state index in [1.807, 2.05) is 22.7 Å². The fraction of sp³-hybridized carbons (Fsp3) is 0.259. The first-order valence-electron chi connectivity index (χ1n) is 10.4. The number of benzene rings is 2. The van der Waals surface area contributed by atoms with Gasteiger partial charge in [0.25, 0.3) is 0 Å². The van der Waals surface area contributed by atoms with Gasteiger partial charge >= 0.3 is 0 Å². The lowest BCUT2D eigenvalue weighted by Crippen LogP contribution is -1.83. The normalized spacial score (nSPS) is 10.9. The van der Waals surface area contributed by atoms with Crippen molar-refractivity contribution in [3.05, 3.63) is 81.7 Å². The number of rotatable bonds is 5. The largest absolute Gasteiger partial charge is 0.134 e. The molecule has 0 spiro atoms. The van der Waals surface area contributed by atoms with Crippen LogP contribution in [0, 0.1) is 18.8 Å². The van der Waals surface area contributed by atoms with Gasteiger partial charge in [-0.3, -0.25) is 0 Å². The van der Waals surface area contributed by atoms with Gasteiger partial charge in [-0.2, -0.15) is 0 Å². The van der Waals surface area contributed by atoms with Crippen LogP contribution in [0.5, 0.6) is 0 Å². The Bertz CT molecular complexity index is 1160. The van der Waals surface area contributed by atoms with E-state index in [1.165, 1.54) is 54.2 Å². The minimum atomic E-state index is 1.09. The van der Waals surface area contributed by atoms with Crippen LogP contribution in [0.25, 0.3) is 19.8 Å². The molecule has 0 unspecified atom stereocenters. The molecule has 0 radical (unpaired) electrons. The Hall–Kier alpha value is -2.34. The van der Waals surface area contributed by atoms with Crippen molar-refractivity contribution in [2.45, 2.75) is 46.5 Å². The molecule has 2 heteroatoms. The molecule has 0 bridgehead atoms. The summed E-state index contributed by atoms with van der Waals surface area (Å²) in [5.41, 5.74) is 6.54. The zero-order valence-electron chi connectivity index (χ0n) is 17.3. The third-order valence-corrected chi connectivity index (χ3v) is 7.77. The third-order valence-electron chi connectivity index (χ3n) is 5.18. The summed E-state index contributed by atoms with van der Waals surface area (Å²) in [6.07, 6.45) is 4.67. The minimum absolute atomic E-state index is 1.09. The van der Waals surface area contributed by atoms with E-state index < -0.39 is 0 Å². The summed E-state index contributed by atoms with van der Waals surface area (Å²) in [5.74, 6) is 6.76. The van der Waals surface area contributed by atoms with Crippen molar-refractivity contribution >= 4 is 32.1 Å². The molecule has 0 saturated carbocycles. The van der Waals surface area contributed by atoms with E-state index in [0.717, 1.165) is 18.4 Å². The van der Waals surface area contributed by atoms with Gasteiger partial charge in [-0.1, -0.05) is 74.9 Å². The highest BCUT2D eigenvalue weighted by Gasteiger charge is 2.12. The molecule has 0 N–H and O–H groups in total. The quantitative estimate of drug-likeness (QED) is 0.288. The van der Waals surface area contributed by atoms with Crippen LogP contribution in [0.3, 0.4) is 0 Å². The van der Waals surface area contributed by atoms with E-state index in [-0.39, 0.29) is 0 Å². The Morgan fingerprint density at radius 2 is 1.38 bits per heavy atom. The van der Waals surface area contributed by atoms with Gasteiger partial charge in [0.2, 0.25) is 0 Å². The van der Waals surface area contributed by atoms with Crippen molar-refractivity contribution in [3.8, 4) is 22.3 Å². The lowest BCUT2D eigenvalue weighted by molar-refractivity contribution is 0.922. The summed E-state index contributed by atoms with van der Waals surface area (Å²) >= 11 is 3.71. The van der Waals surface area contributed by atoms with Crippen molar-refractivity contribution in [3.63, 3.8) is 0 Å². The van der Waals surface area contributed by atoms with Crippen LogP contribution in [-0.2, 0) is 12.8 Å². The van der Waals surface area contributed by atoms with Gasteiger partial charge in [0.15, 0.2) is 0 Å². The molecule has 0 aliphatic rings. The van der Waals surface area contributed by atoms with Gasteiger partial charge in [-0.05, 0) is 60.2 Å². The average Bonchev–Trinajstić information content (AvgIpc) is 3.28. The molecular weight excluding hydrogens is 388 g/mol. The van der Waals surface area contributed by atoms with Crippen LogP contribution in [0.2, 0.25) is 0 Å². The monoisotopic (exact) mass is 414 g/mol. The van der Waals surface area contributed by atoms with E-state index in [9.17, 15) is 0 Å². The Morgan fingerprint density at radius 3 is 1.97 bits per heavy atom. The zero-order valence-corrected chi connectivity index (χ0v) is 19.0. The summed E-state index contributed by atoms with van der Waals surface area (Å²) in [4.78, 5) is 2.54. The average molecular weight is 415 g/mol. The molecule has 0 nitrogen and oxygen atoms in total. The fourth-order valence-corrected chi connectivity index (χ4v) is 6.01. The van der Waals surface area contributed by atoms with Crippen molar-refractivity contribution in [1.82, 2.24) is 0 Å².